The lowest BCUT2D eigenvalue weighted by Gasteiger charge is -2.39. The molecule has 228 valence electrons. The summed E-state index contributed by atoms with van der Waals surface area (Å²) in [6.07, 6.45) is 0. The molecule has 0 bridgehead atoms. The van der Waals surface area contributed by atoms with Crippen LogP contribution in [0.4, 0.5) is 0 Å². The molecule has 2 heterocycles. The van der Waals surface area contributed by atoms with E-state index in [9.17, 15) is 0 Å². The molecule has 49 heavy (non-hydrogen) atoms. The second-order valence-electron chi connectivity index (χ2n) is 13.2. The molecule has 2 nitrogen and oxygen atoms in total. The van der Waals surface area contributed by atoms with Gasteiger partial charge in [0.1, 0.15) is 22.7 Å². The molecule has 1 spiro atoms. The van der Waals surface area contributed by atoms with E-state index >= 15 is 0 Å². The van der Waals surface area contributed by atoms with Gasteiger partial charge in [-0.1, -0.05) is 140 Å². The van der Waals surface area contributed by atoms with Crippen molar-refractivity contribution < 1.29 is 9.15 Å². The van der Waals surface area contributed by atoms with E-state index in [2.05, 4.69) is 158 Å². The topological polar surface area (TPSA) is 22.4 Å². The molecule has 8 aromatic carbocycles. The van der Waals surface area contributed by atoms with Crippen molar-refractivity contribution >= 4 is 32.7 Å². The second kappa shape index (κ2) is 9.82. The van der Waals surface area contributed by atoms with Crippen molar-refractivity contribution in [2.45, 2.75) is 5.41 Å². The number of para-hydroxylation sites is 2. The van der Waals surface area contributed by atoms with Crippen molar-refractivity contribution in [2.75, 3.05) is 0 Å². The molecular weight excluding hydrogens is 597 g/mol. The van der Waals surface area contributed by atoms with E-state index < -0.39 is 5.41 Å². The van der Waals surface area contributed by atoms with Crippen LogP contribution in [0.15, 0.2) is 174 Å². The Balaban J connectivity index is 1.11. The van der Waals surface area contributed by atoms with Crippen LogP contribution in [0.25, 0.3) is 66.1 Å². The normalized spacial score (nSPS) is 13.6. The monoisotopic (exact) mass is 624 g/mol. The Morgan fingerprint density at radius 1 is 0.327 bits per heavy atom. The highest BCUT2D eigenvalue weighted by Crippen LogP contribution is 2.62. The fourth-order valence-electron chi connectivity index (χ4n) is 8.72. The molecule has 0 saturated heterocycles. The first-order valence-corrected chi connectivity index (χ1v) is 16.8. The van der Waals surface area contributed by atoms with E-state index in [1.54, 1.807) is 0 Å². The average Bonchev–Trinajstić information content (AvgIpc) is 3.68. The molecule has 2 aliphatic rings. The van der Waals surface area contributed by atoms with Gasteiger partial charge in [0.25, 0.3) is 0 Å². The van der Waals surface area contributed by atoms with Crippen LogP contribution in [-0.4, -0.2) is 0 Å². The zero-order valence-electron chi connectivity index (χ0n) is 26.5. The number of furan rings is 1. The first-order chi connectivity index (χ1) is 24.3. The van der Waals surface area contributed by atoms with Crippen molar-refractivity contribution in [3.05, 3.63) is 192 Å². The molecular formula is C47H28O2. The lowest BCUT2D eigenvalue weighted by atomic mass is 9.66. The number of fused-ring (bicyclic) bond motifs is 13. The van der Waals surface area contributed by atoms with Crippen LogP contribution in [-0.2, 0) is 5.41 Å². The van der Waals surface area contributed by atoms with Crippen LogP contribution in [0.2, 0.25) is 0 Å². The highest BCUT2D eigenvalue weighted by atomic mass is 16.5. The number of ether oxygens (including phenoxy) is 1. The molecule has 2 heteroatoms. The van der Waals surface area contributed by atoms with Gasteiger partial charge in [0.15, 0.2) is 0 Å². The molecule has 0 saturated carbocycles. The summed E-state index contributed by atoms with van der Waals surface area (Å²) in [5.41, 5.74) is 13.6. The molecule has 1 aliphatic heterocycles. The molecule has 0 atom stereocenters. The maximum atomic E-state index is 6.82. The molecule has 0 unspecified atom stereocenters. The summed E-state index contributed by atoms with van der Waals surface area (Å²) in [5, 5.41) is 4.70. The van der Waals surface area contributed by atoms with Crippen molar-refractivity contribution in [1.29, 1.82) is 0 Å². The molecule has 0 amide bonds. The molecule has 1 aliphatic carbocycles. The number of benzene rings is 8. The van der Waals surface area contributed by atoms with Crippen LogP contribution in [0.3, 0.4) is 0 Å². The predicted molar refractivity (Wildman–Crippen MR) is 199 cm³/mol. The minimum atomic E-state index is -0.461. The minimum absolute atomic E-state index is 0.461. The van der Waals surface area contributed by atoms with Crippen molar-refractivity contribution in [3.63, 3.8) is 0 Å². The van der Waals surface area contributed by atoms with Crippen molar-refractivity contribution in [3.8, 4) is 44.9 Å². The summed E-state index contributed by atoms with van der Waals surface area (Å²) in [6, 6.07) is 61.2. The standard InChI is InChI=1S/C47H28O2/c1-2-12-34-32(24-23-31(33(34)11-1)29-22-26-44-38(27-29)37-15-5-9-19-43(37)48-44)30-21-25-42-46(28-30)49-45-20-10-8-18-41(45)47(42)39-16-6-3-13-35(39)36-14-4-7-17-40(36)47/h1-28H. The van der Waals surface area contributed by atoms with Crippen LogP contribution in [0, 0.1) is 0 Å². The first-order valence-electron chi connectivity index (χ1n) is 16.8. The van der Waals surface area contributed by atoms with E-state index in [1.807, 2.05) is 12.1 Å². The van der Waals surface area contributed by atoms with E-state index in [0.717, 1.165) is 39.0 Å². The Labute approximate surface area is 283 Å². The predicted octanol–water partition coefficient (Wildman–Crippen LogP) is 12.5. The summed E-state index contributed by atoms with van der Waals surface area (Å²) in [7, 11) is 0. The van der Waals surface area contributed by atoms with Crippen molar-refractivity contribution in [1.82, 2.24) is 0 Å². The van der Waals surface area contributed by atoms with Gasteiger partial charge in [0.2, 0.25) is 0 Å². The molecule has 0 N–H and O–H groups in total. The lowest BCUT2D eigenvalue weighted by Crippen LogP contribution is -2.32. The highest BCUT2D eigenvalue weighted by Gasteiger charge is 2.50. The van der Waals surface area contributed by atoms with Crippen molar-refractivity contribution in [2.24, 2.45) is 0 Å². The van der Waals surface area contributed by atoms with E-state index in [4.69, 9.17) is 9.15 Å². The summed E-state index contributed by atoms with van der Waals surface area (Å²) < 4.78 is 13.0. The Bertz CT molecular complexity index is 2770. The number of hydrogen-bond donors (Lipinski definition) is 0. The fourth-order valence-corrected chi connectivity index (χ4v) is 8.72. The molecule has 0 fully saturated rings. The quantitative estimate of drug-likeness (QED) is 0.191. The summed E-state index contributed by atoms with van der Waals surface area (Å²) in [5.74, 6) is 1.80. The maximum absolute atomic E-state index is 6.82. The Morgan fingerprint density at radius 2 is 0.857 bits per heavy atom. The van der Waals surface area contributed by atoms with Gasteiger partial charge in [-0.25, -0.2) is 0 Å². The van der Waals surface area contributed by atoms with E-state index in [-0.39, 0.29) is 0 Å². The summed E-state index contributed by atoms with van der Waals surface area (Å²) in [6.45, 7) is 0. The van der Waals surface area contributed by atoms with Gasteiger partial charge >= 0.3 is 0 Å². The summed E-state index contributed by atoms with van der Waals surface area (Å²) >= 11 is 0. The van der Waals surface area contributed by atoms with Gasteiger partial charge in [-0.3, -0.25) is 0 Å². The third-order valence-corrected chi connectivity index (χ3v) is 10.8. The number of hydrogen-bond acceptors (Lipinski definition) is 2. The third-order valence-electron chi connectivity index (χ3n) is 10.8. The zero-order chi connectivity index (χ0) is 32.1. The first kappa shape index (κ1) is 26.7. The van der Waals surface area contributed by atoms with E-state index in [1.165, 1.54) is 60.8 Å². The van der Waals surface area contributed by atoms with Gasteiger partial charge in [-0.2, -0.15) is 0 Å². The zero-order valence-corrected chi connectivity index (χ0v) is 26.5. The van der Waals surface area contributed by atoms with Gasteiger partial charge in [-0.05, 0) is 85.6 Å². The van der Waals surface area contributed by atoms with Gasteiger partial charge in [0, 0.05) is 21.9 Å². The smallest absolute Gasteiger partial charge is 0.135 e. The van der Waals surface area contributed by atoms with Gasteiger partial charge in [0.05, 0.1) is 5.41 Å². The Hall–Kier alpha value is -6.38. The van der Waals surface area contributed by atoms with Crippen LogP contribution in [0.1, 0.15) is 22.3 Å². The molecule has 9 aromatic rings. The SMILES string of the molecule is c1ccc2c(c1)Oc1cc(-c3ccc(-c4ccc5oc6ccccc6c5c4)c4ccccc34)ccc1C21c2ccccc2-c2ccccc21. The lowest BCUT2D eigenvalue weighted by molar-refractivity contribution is 0.436. The van der Waals surface area contributed by atoms with Gasteiger partial charge < -0.3 is 9.15 Å². The molecule has 11 rings (SSSR count). The average molecular weight is 625 g/mol. The largest absolute Gasteiger partial charge is 0.457 e. The summed E-state index contributed by atoms with van der Waals surface area (Å²) in [4.78, 5) is 0. The molecule has 1 aromatic heterocycles. The Kier molecular flexibility index (Phi) is 5.34. The van der Waals surface area contributed by atoms with Crippen LogP contribution in [0.5, 0.6) is 11.5 Å². The third kappa shape index (κ3) is 3.55. The highest BCUT2D eigenvalue weighted by molar-refractivity contribution is 6.09. The maximum Gasteiger partial charge on any atom is 0.135 e. The number of rotatable bonds is 2. The van der Waals surface area contributed by atoms with Crippen LogP contribution < -0.4 is 4.74 Å². The fraction of sp³-hybridized carbons (Fsp3) is 0.0213. The van der Waals surface area contributed by atoms with Crippen LogP contribution >= 0.6 is 0 Å². The Morgan fingerprint density at radius 3 is 1.59 bits per heavy atom. The van der Waals surface area contributed by atoms with Gasteiger partial charge in [-0.15, -0.1) is 0 Å². The second-order valence-corrected chi connectivity index (χ2v) is 13.2. The molecule has 0 radical (unpaired) electrons. The van der Waals surface area contributed by atoms with E-state index in [0.29, 0.717) is 0 Å². The minimum Gasteiger partial charge on any atom is -0.457 e.